The van der Waals surface area contributed by atoms with Crippen molar-refractivity contribution in [2.24, 2.45) is 14.1 Å². The van der Waals surface area contributed by atoms with E-state index in [4.69, 9.17) is 9.97 Å². The number of imidazole rings is 2. The first-order valence-electron chi connectivity index (χ1n) is 12.0. The van der Waals surface area contributed by atoms with Crippen molar-refractivity contribution in [3.8, 4) is 0 Å². The largest absolute Gasteiger partial charge is 0.330 e. The number of rotatable bonds is 5. The highest BCUT2D eigenvalue weighted by Gasteiger charge is 2.33. The van der Waals surface area contributed by atoms with E-state index in [1.54, 1.807) is 0 Å². The number of hydrogen-bond acceptors (Lipinski definition) is 4. The molecule has 2 saturated heterocycles. The van der Waals surface area contributed by atoms with Crippen LogP contribution < -0.4 is 0 Å². The second-order valence-corrected chi connectivity index (χ2v) is 9.42. The van der Waals surface area contributed by atoms with Crippen molar-refractivity contribution >= 4 is 22.1 Å². The fraction of sp³-hybridized carbons (Fsp3) is 0.462. The number of likely N-dealkylation sites (tertiary alicyclic amines) is 2. The fourth-order valence-electron chi connectivity index (χ4n) is 5.95. The van der Waals surface area contributed by atoms with Crippen molar-refractivity contribution < 1.29 is 0 Å². The Balaban J connectivity index is 1.20. The average molecular weight is 429 g/mol. The Morgan fingerprint density at radius 1 is 0.688 bits per heavy atom. The molecule has 6 heteroatoms. The molecule has 6 rings (SSSR count). The first-order chi connectivity index (χ1) is 15.7. The third kappa shape index (κ3) is 3.24. The number of aryl methyl sites for hydroxylation is 2. The molecule has 32 heavy (non-hydrogen) atoms. The Labute approximate surface area is 189 Å². The first-order valence-corrected chi connectivity index (χ1v) is 12.0. The fourth-order valence-corrected chi connectivity index (χ4v) is 5.95. The number of nitrogens with zero attached hydrogens (tertiary/aromatic N) is 6. The van der Waals surface area contributed by atoms with Gasteiger partial charge in [0.25, 0.3) is 0 Å². The van der Waals surface area contributed by atoms with Crippen molar-refractivity contribution in [3.05, 3.63) is 60.2 Å². The van der Waals surface area contributed by atoms with E-state index in [1.165, 1.54) is 61.5 Å². The van der Waals surface area contributed by atoms with Gasteiger partial charge in [0, 0.05) is 27.2 Å². The molecule has 2 aromatic heterocycles. The molecule has 4 aromatic rings. The summed E-state index contributed by atoms with van der Waals surface area (Å²) in [5.74, 6) is 2.44. The molecule has 2 aliphatic heterocycles. The number of hydrogen-bond donors (Lipinski definition) is 0. The van der Waals surface area contributed by atoms with E-state index in [1.807, 2.05) is 0 Å². The van der Waals surface area contributed by atoms with Crippen molar-refractivity contribution in [2.45, 2.75) is 37.8 Å². The number of aromatic nitrogens is 4. The molecule has 2 aliphatic rings. The van der Waals surface area contributed by atoms with Crippen LogP contribution in [0.1, 0.15) is 49.4 Å². The van der Waals surface area contributed by atoms with Crippen molar-refractivity contribution in [1.29, 1.82) is 0 Å². The van der Waals surface area contributed by atoms with Crippen LogP contribution in [0.2, 0.25) is 0 Å². The van der Waals surface area contributed by atoms with Crippen LogP contribution in [0.4, 0.5) is 0 Å². The van der Waals surface area contributed by atoms with Gasteiger partial charge in [0.15, 0.2) is 0 Å². The molecule has 2 atom stereocenters. The predicted molar refractivity (Wildman–Crippen MR) is 129 cm³/mol. The summed E-state index contributed by atoms with van der Waals surface area (Å²) < 4.78 is 4.60. The summed E-state index contributed by atoms with van der Waals surface area (Å²) in [6.07, 6.45) is 4.90. The zero-order chi connectivity index (χ0) is 21.7. The zero-order valence-electron chi connectivity index (χ0n) is 19.1. The van der Waals surface area contributed by atoms with Gasteiger partial charge in [0.1, 0.15) is 11.6 Å². The molecule has 0 spiro atoms. The van der Waals surface area contributed by atoms with Crippen LogP contribution in [0.5, 0.6) is 0 Å². The number of fused-ring (bicyclic) bond motifs is 2. The maximum atomic E-state index is 5.02. The maximum absolute atomic E-state index is 5.02. The van der Waals surface area contributed by atoms with Crippen LogP contribution in [-0.4, -0.2) is 55.1 Å². The van der Waals surface area contributed by atoms with Crippen LogP contribution in [0.25, 0.3) is 22.1 Å². The summed E-state index contributed by atoms with van der Waals surface area (Å²) >= 11 is 0. The van der Waals surface area contributed by atoms with Crippen LogP contribution in [0, 0.1) is 0 Å². The van der Waals surface area contributed by atoms with Gasteiger partial charge in [0.2, 0.25) is 0 Å². The molecule has 0 aliphatic carbocycles. The lowest BCUT2D eigenvalue weighted by Gasteiger charge is -2.29. The van der Waals surface area contributed by atoms with Gasteiger partial charge in [-0.1, -0.05) is 24.3 Å². The van der Waals surface area contributed by atoms with E-state index in [9.17, 15) is 0 Å². The van der Waals surface area contributed by atoms with E-state index < -0.39 is 0 Å². The Hall–Kier alpha value is -2.70. The summed E-state index contributed by atoms with van der Waals surface area (Å²) in [4.78, 5) is 15.4. The smallest absolute Gasteiger partial charge is 0.127 e. The second kappa shape index (κ2) is 8.01. The minimum Gasteiger partial charge on any atom is -0.330 e. The molecule has 6 nitrogen and oxygen atoms in total. The van der Waals surface area contributed by atoms with Gasteiger partial charge in [-0.05, 0) is 63.0 Å². The molecular weight excluding hydrogens is 396 g/mol. The van der Waals surface area contributed by atoms with Crippen molar-refractivity contribution in [3.63, 3.8) is 0 Å². The SMILES string of the molecule is Cn1c([C@@H]2CCCN2CCN2CCC[C@H]2c2nc3ccccc3n2C)nc2ccccc21. The molecule has 0 unspecified atom stereocenters. The summed E-state index contributed by atoms with van der Waals surface area (Å²) in [7, 11) is 4.34. The van der Waals surface area contributed by atoms with Gasteiger partial charge in [-0.3, -0.25) is 9.80 Å². The van der Waals surface area contributed by atoms with E-state index in [0.29, 0.717) is 12.1 Å². The second-order valence-electron chi connectivity index (χ2n) is 9.42. The normalized spacial score (nSPS) is 22.6. The Morgan fingerprint density at radius 3 is 1.56 bits per heavy atom. The van der Waals surface area contributed by atoms with Crippen LogP contribution >= 0.6 is 0 Å². The van der Waals surface area contributed by atoms with Crippen molar-refractivity contribution in [1.82, 2.24) is 28.9 Å². The average Bonchev–Trinajstić information content (AvgIpc) is 3.59. The Morgan fingerprint density at radius 2 is 1.12 bits per heavy atom. The van der Waals surface area contributed by atoms with Crippen LogP contribution in [-0.2, 0) is 14.1 Å². The van der Waals surface area contributed by atoms with Gasteiger partial charge in [-0.25, -0.2) is 9.97 Å². The zero-order valence-corrected chi connectivity index (χ0v) is 19.1. The quantitative estimate of drug-likeness (QED) is 0.471. The first kappa shape index (κ1) is 19.9. The summed E-state index contributed by atoms with van der Waals surface area (Å²) in [5, 5.41) is 0. The molecule has 2 aromatic carbocycles. The van der Waals surface area contributed by atoms with Crippen molar-refractivity contribution in [2.75, 3.05) is 26.2 Å². The van der Waals surface area contributed by atoms with Gasteiger partial charge in [0.05, 0.1) is 34.2 Å². The molecule has 2 fully saturated rings. The third-order valence-corrected chi connectivity index (χ3v) is 7.64. The van der Waals surface area contributed by atoms with Crippen LogP contribution in [0.15, 0.2) is 48.5 Å². The van der Waals surface area contributed by atoms with Gasteiger partial charge >= 0.3 is 0 Å². The molecule has 0 bridgehead atoms. The lowest BCUT2D eigenvalue weighted by atomic mass is 10.2. The van der Waals surface area contributed by atoms with Gasteiger partial charge in [-0.2, -0.15) is 0 Å². The number of benzene rings is 2. The summed E-state index contributed by atoms with van der Waals surface area (Å²) in [5.41, 5.74) is 4.68. The van der Waals surface area contributed by atoms with E-state index in [2.05, 4.69) is 81.6 Å². The highest BCUT2D eigenvalue weighted by molar-refractivity contribution is 5.76. The predicted octanol–water partition coefficient (Wildman–Crippen LogP) is 4.43. The minimum atomic E-state index is 0.421. The topological polar surface area (TPSA) is 42.1 Å². The Kier molecular flexibility index (Phi) is 5.00. The van der Waals surface area contributed by atoms with Gasteiger partial charge < -0.3 is 9.13 Å². The molecule has 0 amide bonds. The van der Waals surface area contributed by atoms with Crippen LogP contribution in [0.3, 0.4) is 0 Å². The van der Waals surface area contributed by atoms with E-state index in [0.717, 1.165) is 24.1 Å². The highest BCUT2D eigenvalue weighted by atomic mass is 15.3. The standard InChI is InChI=1S/C26H32N6/c1-29-21-11-5-3-9-19(21)27-25(29)23-13-7-15-31(23)17-18-32-16-8-14-24(32)26-28-20-10-4-6-12-22(20)30(26)2/h3-6,9-12,23-24H,7-8,13-18H2,1-2H3/t23-,24-/m0/s1. The van der Waals surface area contributed by atoms with E-state index in [-0.39, 0.29) is 0 Å². The number of para-hydroxylation sites is 4. The summed E-state index contributed by atoms with van der Waals surface area (Å²) in [6, 6.07) is 17.8. The summed E-state index contributed by atoms with van der Waals surface area (Å²) in [6.45, 7) is 4.51. The van der Waals surface area contributed by atoms with E-state index >= 15 is 0 Å². The third-order valence-electron chi connectivity index (χ3n) is 7.64. The maximum Gasteiger partial charge on any atom is 0.127 e. The molecular formula is C26H32N6. The van der Waals surface area contributed by atoms with Gasteiger partial charge in [-0.15, -0.1) is 0 Å². The molecule has 4 heterocycles. The molecule has 166 valence electrons. The Bertz CT molecular complexity index is 1160. The molecule has 0 saturated carbocycles. The molecule has 0 N–H and O–H groups in total. The minimum absolute atomic E-state index is 0.421. The molecule has 0 radical (unpaired) electrons. The lowest BCUT2D eigenvalue weighted by molar-refractivity contribution is 0.176. The highest BCUT2D eigenvalue weighted by Crippen LogP contribution is 2.35. The monoisotopic (exact) mass is 428 g/mol. The lowest BCUT2D eigenvalue weighted by Crippen LogP contribution is -2.36.